The van der Waals surface area contributed by atoms with E-state index in [2.05, 4.69) is 10.3 Å². The van der Waals surface area contributed by atoms with E-state index in [9.17, 15) is 8.78 Å². The monoisotopic (exact) mass is 269 g/mol. The third kappa shape index (κ3) is 2.87. The molecule has 0 amide bonds. The summed E-state index contributed by atoms with van der Waals surface area (Å²) in [6.45, 7) is 0.339. The van der Waals surface area contributed by atoms with E-state index in [0.29, 0.717) is 17.6 Å². The smallest absolute Gasteiger partial charge is 0.168 e. The standard InChI is InChI=1S/C12H10ClF2N3/c13-8-3-1-7(2-4-8)6-17-12-10(15)5-9(14)11(16)18-12/h1-5H,6H2,(H3,16,17,18). The molecule has 6 heteroatoms. The lowest BCUT2D eigenvalue weighted by molar-refractivity contribution is 0.579. The van der Waals surface area contributed by atoms with E-state index in [1.165, 1.54) is 0 Å². The van der Waals surface area contributed by atoms with E-state index in [-0.39, 0.29) is 11.6 Å². The van der Waals surface area contributed by atoms with Crippen LogP contribution in [0.4, 0.5) is 20.4 Å². The van der Waals surface area contributed by atoms with Gasteiger partial charge in [0, 0.05) is 17.6 Å². The van der Waals surface area contributed by atoms with Crippen molar-refractivity contribution < 1.29 is 8.78 Å². The summed E-state index contributed by atoms with van der Waals surface area (Å²) in [6, 6.07) is 7.73. The molecule has 3 N–H and O–H groups in total. The van der Waals surface area contributed by atoms with E-state index in [1.54, 1.807) is 24.3 Å². The molecule has 0 radical (unpaired) electrons. The summed E-state index contributed by atoms with van der Waals surface area (Å²) in [5.41, 5.74) is 6.16. The van der Waals surface area contributed by atoms with Gasteiger partial charge in [0.05, 0.1) is 0 Å². The first-order valence-corrected chi connectivity index (χ1v) is 5.54. The molecule has 0 saturated carbocycles. The number of nitrogen functional groups attached to an aromatic ring is 1. The van der Waals surface area contributed by atoms with Crippen LogP contribution in [0.1, 0.15) is 5.56 Å². The Bertz CT molecular complexity index is 558. The normalized spacial score (nSPS) is 10.4. The number of hydrogen-bond acceptors (Lipinski definition) is 3. The maximum Gasteiger partial charge on any atom is 0.168 e. The summed E-state index contributed by atoms with van der Waals surface area (Å²) in [7, 11) is 0. The lowest BCUT2D eigenvalue weighted by Crippen LogP contribution is -2.06. The predicted molar refractivity (Wildman–Crippen MR) is 67.3 cm³/mol. The van der Waals surface area contributed by atoms with E-state index in [0.717, 1.165) is 5.56 Å². The average Bonchev–Trinajstić information content (AvgIpc) is 2.34. The Kier molecular flexibility index (Phi) is 3.62. The molecule has 3 nitrogen and oxygen atoms in total. The Balaban J connectivity index is 2.10. The Morgan fingerprint density at radius 1 is 1.17 bits per heavy atom. The number of aromatic nitrogens is 1. The van der Waals surface area contributed by atoms with E-state index in [4.69, 9.17) is 17.3 Å². The van der Waals surface area contributed by atoms with Crippen LogP contribution in [0.3, 0.4) is 0 Å². The van der Waals surface area contributed by atoms with Gasteiger partial charge in [0.1, 0.15) is 0 Å². The number of hydrogen-bond donors (Lipinski definition) is 2. The number of nitrogens with zero attached hydrogens (tertiary/aromatic N) is 1. The first-order valence-electron chi connectivity index (χ1n) is 5.16. The molecule has 18 heavy (non-hydrogen) atoms. The van der Waals surface area contributed by atoms with Crippen LogP contribution in [-0.4, -0.2) is 4.98 Å². The molecule has 0 unspecified atom stereocenters. The highest BCUT2D eigenvalue weighted by Crippen LogP contribution is 2.17. The van der Waals surface area contributed by atoms with Crippen molar-refractivity contribution in [1.29, 1.82) is 0 Å². The molecule has 94 valence electrons. The lowest BCUT2D eigenvalue weighted by atomic mass is 10.2. The molecule has 0 bridgehead atoms. The molecule has 0 saturated heterocycles. The van der Waals surface area contributed by atoms with Gasteiger partial charge in [0.2, 0.25) is 0 Å². The first kappa shape index (κ1) is 12.6. The van der Waals surface area contributed by atoms with Crippen molar-refractivity contribution in [2.75, 3.05) is 11.1 Å². The summed E-state index contributed by atoms with van der Waals surface area (Å²) in [5.74, 6) is -2.07. The average molecular weight is 270 g/mol. The van der Waals surface area contributed by atoms with Gasteiger partial charge in [-0.2, -0.15) is 0 Å². The minimum absolute atomic E-state index is 0.0798. The summed E-state index contributed by atoms with van der Waals surface area (Å²) in [6.07, 6.45) is 0. The van der Waals surface area contributed by atoms with Gasteiger partial charge in [0.15, 0.2) is 23.3 Å². The molecule has 1 aromatic heterocycles. The molecule has 1 aromatic carbocycles. The van der Waals surface area contributed by atoms with Gasteiger partial charge in [-0.1, -0.05) is 23.7 Å². The van der Waals surface area contributed by atoms with Crippen LogP contribution in [0.15, 0.2) is 30.3 Å². The number of anilines is 2. The van der Waals surface area contributed by atoms with Crippen LogP contribution in [0, 0.1) is 11.6 Å². The molecule has 1 heterocycles. The zero-order valence-electron chi connectivity index (χ0n) is 9.25. The van der Waals surface area contributed by atoms with E-state index in [1.807, 2.05) is 0 Å². The van der Waals surface area contributed by atoms with Gasteiger partial charge in [-0.25, -0.2) is 13.8 Å². The molecule has 0 aliphatic carbocycles. The third-order valence-electron chi connectivity index (χ3n) is 2.33. The number of rotatable bonds is 3. The quantitative estimate of drug-likeness (QED) is 0.900. The van der Waals surface area contributed by atoms with Crippen LogP contribution >= 0.6 is 11.6 Å². The summed E-state index contributed by atoms with van der Waals surface area (Å²) in [4.78, 5) is 3.60. The molecular formula is C12H10ClF2N3. The number of pyridine rings is 1. The van der Waals surface area contributed by atoms with E-state index < -0.39 is 11.6 Å². The highest BCUT2D eigenvalue weighted by Gasteiger charge is 2.09. The van der Waals surface area contributed by atoms with Gasteiger partial charge in [0.25, 0.3) is 0 Å². The first-order chi connectivity index (χ1) is 8.56. The zero-order valence-corrected chi connectivity index (χ0v) is 10.0. The van der Waals surface area contributed by atoms with Gasteiger partial charge < -0.3 is 11.1 Å². The van der Waals surface area contributed by atoms with Gasteiger partial charge >= 0.3 is 0 Å². The minimum Gasteiger partial charge on any atom is -0.381 e. The second kappa shape index (κ2) is 5.18. The second-order valence-corrected chi connectivity index (χ2v) is 4.10. The molecule has 2 aromatic rings. The predicted octanol–water partition coefficient (Wildman–Crippen LogP) is 3.21. The Morgan fingerprint density at radius 2 is 1.83 bits per heavy atom. The Labute approximate surface area is 108 Å². The van der Waals surface area contributed by atoms with E-state index >= 15 is 0 Å². The number of nitrogens with one attached hydrogen (secondary N) is 1. The van der Waals surface area contributed by atoms with Crippen molar-refractivity contribution in [3.63, 3.8) is 0 Å². The van der Waals surface area contributed by atoms with Crippen LogP contribution < -0.4 is 11.1 Å². The zero-order chi connectivity index (χ0) is 13.1. The molecule has 0 aliphatic heterocycles. The summed E-state index contributed by atoms with van der Waals surface area (Å²) < 4.78 is 26.3. The minimum atomic E-state index is -0.871. The third-order valence-corrected chi connectivity index (χ3v) is 2.58. The van der Waals surface area contributed by atoms with Gasteiger partial charge in [-0.3, -0.25) is 0 Å². The summed E-state index contributed by atoms with van der Waals surface area (Å²) in [5, 5.41) is 3.36. The van der Waals surface area contributed by atoms with Crippen LogP contribution in [0.2, 0.25) is 5.02 Å². The van der Waals surface area contributed by atoms with Crippen molar-refractivity contribution in [1.82, 2.24) is 4.98 Å². The SMILES string of the molecule is Nc1nc(NCc2ccc(Cl)cc2)c(F)cc1F. The Hall–Kier alpha value is -1.88. The topological polar surface area (TPSA) is 50.9 Å². The van der Waals surface area contributed by atoms with Crippen molar-refractivity contribution in [2.45, 2.75) is 6.54 Å². The van der Waals surface area contributed by atoms with Crippen LogP contribution in [0.5, 0.6) is 0 Å². The highest BCUT2D eigenvalue weighted by molar-refractivity contribution is 6.30. The Morgan fingerprint density at radius 3 is 2.50 bits per heavy atom. The maximum absolute atomic E-state index is 13.4. The summed E-state index contributed by atoms with van der Waals surface area (Å²) >= 11 is 5.74. The van der Waals surface area contributed by atoms with Gasteiger partial charge in [-0.05, 0) is 17.7 Å². The molecular weight excluding hydrogens is 260 g/mol. The van der Waals surface area contributed by atoms with Crippen molar-refractivity contribution in [3.05, 3.63) is 52.6 Å². The largest absolute Gasteiger partial charge is 0.381 e. The van der Waals surface area contributed by atoms with Gasteiger partial charge in [-0.15, -0.1) is 0 Å². The van der Waals surface area contributed by atoms with Crippen molar-refractivity contribution in [3.8, 4) is 0 Å². The van der Waals surface area contributed by atoms with Crippen molar-refractivity contribution in [2.24, 2.45) is 0 Å². The van der Waals surface area contributed by atoms with Crippen LogP contribution in [0.25, 0.3) is 0 Å². The number of halogens is 3. The second-order valence-electron chi connectivity index (χ2n) is 3.67. The highest BCUT2D eigenvalue weighted by atomic mass is 35.5. The fraction of sp³-hybridized carbons (Fsp3) is 0.0833. The van der Waals surface area contributed by atoms with Crippen LogP contribution in [-0.2, 0) is 6.54 Å². The molecule has 0 aliphatic rings. The van der Waals surface area contributed by atoms with Crippen molar-refractivity contribution >= 4 is 23.2 Å². The fourth-order valence-electron chi connectivity index (χ4n) is 1.39. The molecule has 2 rings (SSSR count). The molecule has 0 spiro atoms. The lowest BCUT2D eigenvalue weighted by Gasteiger charge is -2.08. The molecule has 0 fully saturated rings. The fourth-order valence-corrected chi connectivity index (χ4v) is 1.52. The number of benzene rings is 1. The molecule has 0 atom stereocenters. The maximum atomic E-state index is 13.4. The number of nitrogens with two attached hydrogens (primary N) is 1.